The summed E-state index contributed by atoms with van der Waals surface area (Å²) in [6, 6.07) is 12.1. The number of carbonyl (C=O) groups excluding carboxylic acids is 1. The third kappa shape index (κ3) is 2.68. The number of pyridine rings is 1. The van der Waals surface area contributed by atoms with Gasteiger partial charge in [-0.25, -0.2) is 9.97 Å². The molecule has 1 aromatic carbocycles. The van der Waals surface area contributed by atoms with Gasteiger partial charge in [-0.2, -0.15) is 0 Å². The van der Waals surface area contributed by atoms with Gasteiger partial charge in [-0.05, 0) is 36.3 Å². The first kappa shape index (κ1) is 15.6. The molecular formula is C21H22N4O. The van der Waals surface area contributed by atoms with Crippen LogP contribution in [0.5, 0.6) is 0 Å². The van der Waals surface area contributed by atoms with Crippen molar-refractivity contribution in [3.05, 3.63) is 60.0 Å². The highest BCUT2D eigenvalue weighted by Crippen LogP contribution is 2.38. The fraction of sp³-hybridized carbons (Fsp3) is 0.381. The van der Waals surface area contributed by atoms with Crippen LogP contribution in [0.15, 0.2) is 48.9 Å². The molecule has 0 unspecified atom stereocenters. The van der Waals surface area contributed by atoms with Crippen molar-refractivity contribution in [2.45, 2.75) is 25.8 Å². The Morgan fingerprint density at radius 2 is 1.85 bits per heavy atom. The third-order valence-electron chi connectivity index (χ3n) is 5.91. The number of fused-ring (bicyclic) bond motifs is 2. The molecule has 26 heavy (non-hydrogen) atoms. The van der Waals surface area contributed by atoms with Crippen molar-refractivity contribution in [2.24, 2.45) is 11.8 Å². The minimum atomic E-state index is 0.103. The number of carbonyl (C=O) groups is 1. The van der Waals surface area contributed by atoms with Crippen LogP contribution in [0.1, 0.15) is 35.2 Å². The third-order valence-corrected chi connectivity index (χ3v) is 5.91. The molecule has 1 saturated carbocycles. The minimum absolute atomic E-state index is 0.103. The zero-order chi connectivity index (χ0) is 17.5. The van der Waals surface area contributed by atoms with E-state index in [0.29, 0.717) is 17.4 Å². The number of nitrogens with zero attached hydrogens (tertiary/aromatic N) is 4. The molecule has 0 N–H and O–H groups in total. The van der Waals surface area contributed by atoms with E-state index in [4.69, 9.17) is 0 Å². The summed E-state index contributed by atoms with van der Waals surface area (Å²) in [7, 11) is 0. The van der Waals surface area contributed by atoms with Crippen LogP contribution in [0.4, 0.5) is 0 Å². The molecule has 3 aromatic rings. The van der Waals surface area contributed by atoms with Crippen LogP contribution >= 0.6 is 0 Å². The van der Waals surface area contributed by atoms with Crippen molar-refractivity contribution in [1.29, 1.82) is 0 Å². The van der Waals surface area contributed by atoms with E-state index < -0.39 is 0 Å². The second-order valence-corrected chi connectivity index (χ2v) is 7.59. The summed E-state index contributed by atoms with van der Waals surface area (Å²) in [6.07, 6.45) is 7.39. The number of aromatic nitrogens is 3. The van der Waals surface area contributed by atoms with Crippen molar-refractivity contribution in [1.82, 2.24) is 19.4 Å². The van der Waals surface area contributed by atoms with Crippen LogP contribution in [-0.4, -0.2) is 38.4 Å². The summed E-state index contributed by atoms with van der Waals surface area (Å²) >= 11 is 0. The maximum atomic E-state index is 12.9. The van der Waals surface area contributed by atoms with Crippen LogP contribution in [0.3, 0.4) is 0 Å². The van der Waals surface area contributed by atoms with Gasteiger partial charge in [0, 0.05) is 19.3 Å². The Morgan fingerprint density at radius 1 is 1.08 bits per heavy atom. The Morgan fingerprint density at radius 3 is 2.62 bits per heavy atom. The monoisotopic (exact) mass is 346 g/mol. The van der Waals surface area contributed by atoms with Gasteiger partial charge in [0.1, 0.15) is 5.52 Å². The zero-order valence-corrected chi connectivity index (χ0v) is 14.7. The summed E-state index contributed by atoms with van der Waals surface area (Å²) in [5.41, 5.74) is 3.47. The number of rotatable bonds is 3. The highest BCUT2D eigenvalue weighted by atomic mass is 16.2. The Balaban J connectivity index is 1.38. The van der Waals surface area contributed by atoms with Gasteiger partial charge >= 0.3 is 0 Å². The average Bonchev–Trinajstić information content (AvgIpc) is 3.36. The van der Waals surface area contributed by atoms with E-state index in [-0.39, 0.29) is 5.91 Å². The molecule has 1 amide bonds. The van der Waals surface area contributed by atoms with Gasteiger partial charge in [0.15, 0.2) is 5.65 Å². The lowest BCUT2D eigenvalue weighted by atomic mass is 10.0. The van der Waals surface area contributed by atoms with E-state index in [9.17, 15) is 4.79 Å². The van der Waals surface area contributed by atoms with Crippen LogP contribution < -0.4 is 0 Å². The van der Waals surface area contributed by atoms with E-state index in [1.165, 1.54) is 24.8 Å². The largest absolute Gasteiger partial charge is 0.338 e. The molecule has 0 spiro atoms. The molecule has 5 nitrogen and oxygen atoms in total. The number of benzene rings is 1. The van der Waals surface area contributed by atoms with E-state index in [1.807, 2.05) is 33.7 Å². The van der Waals surface area contributed by atoms with Crippen molar-refractivity contribution in [2.75, 3.05) is 13.1 Å². The lowest BCUT2D eigenvalue weighted by Crippen LogP contribution is -2.29. The standard InChI is InChI=1S/C21H22N4O/c26-21(24-12-16-7-4-8-17(16)13-24)18-9-19-20(22-10-18)25(14-23-19)11-15-5-2-1-3-6-15/h1-3,5-6,9-10,14,16-17H,4,7-8,11-13H2/t16-,17+. The lowest BCUT2D eigenvalue weighted by Gasteiger charge is -2.17. The van der Waals surface area contributed by atoms with Gasteiger partial charge in [0.25, 0.3) is 5.91 Å². The van der Waals surface area contributed by atoms with Gasteiger partial charge in [-0.3, -0.25) is 4.79 Å². The van der Waals surface area contributed by atoms with E-state index in [2.05, 4.69) is 22.1 Å². The topological polar surface area (TPSA) is 51.0 Å². The fourth-order valence-electron chi connectivity index (χ4n) is 4.55. The Hall–Kier alpha value is -2.69. The SMILES string of the molecule is O=C(c1cnc2c(c1)ncn2Cc1ccccc1)N1C[C@H]2CCC[C@H]2C1. The van der Waals surface area contributed by atoms with Crippen LogP contribution in [-0.2, 0) is 6.54 Å². The van der Waals surface area contributed by atoms with Crippen molar-refractivity contribution < 1.29 is 4.79 Å². The van der Waals surface area contributed by atoms with Crippen molar-refractivity contribution >= 4 is 17.1 Å². The summed E-state index contributed by atoms with van der Waals surface area (Å²) in [4.78, 5) is 23.9. The van der Waals surface area contributed by atoms with Crippen molar-refractivity contribution in [3.63, 3.8) is 0 Å². The number of hydrogen-bond donors (Lipinski definition) is 0. The van der Waals surface area contributed by atoms with E-state index in [0.717, 1.165) is 30.8 Å². The van der Waals surface area contributed by atoms with Crippen LogP contribution in [0, 0.1) is 11.8 Å². The molecule has 2 aromatic heterocycles. The first-order valence-electron chi connectivity index (χ1n) is 9.42. The lowest BCUT2D eigenvalue weighted by molar-refractivity contribution is 0.0780. The van der Waals surface area contributed by atoms with Gasteiger partial charge in [-0.1, -0.05) is 36.8 Å². The number of amides is 1. The average molecular weight is 346 g/mol. The molecular weight excluding hydrogens is 324 g/mol. The van der Waals surface area contributed by atoms with Gasteiger partial charge in [-0.15, -0.1) is 0 Å². The molecule has 1 aliphatic heterocycles. The molecule has 5 rings (SSSR count). The highest BCUT2D eigenvalue weighted by Gasteiger charge is 2.38. The van der Waals surface area contributed by atoms with E-state index >= 15 is 0 Å². The quantitative estimate of drug-likeness (QED) is 0.731. The Kier molecular flexibility index (Phi) is 3.73. The van der Waals surface area contributed by atoms with Crippen LogP contribution in [0.2, 0.25) is 0 Å². The maximum absolute atomic E-state index is 12.9. The molecule has 2 atom stereocenters. The molecule has 1 saturated heterocycles. The molecule has 1 aliphatic carbocycles. The summed E-state index contributed by atoms with van der Waals surface area (Å²) < 4.78 is 2.03. The normalized spacial score (nSPS) is 22.1. The van der Waals surface area contributed by atoms with Gasteiger partial charge in [0.2, 0.25) is 0 Å². The van der Waals surface area contributed by atoms with Gasteiger partial charge in [0.05, 0.1) is 18.4 Å². The molecule has 0 bridgehead atoms. The number of hydrogen-bond acceptors (Lipinski definition) is 3. The maximum Gasteiger partial charge on any atom is 0.255 e. The zero-order valence-electron chi connectivity index (χ0n) is 14.7. The van der Waals surface area contributed by atoms with Crippen molar-refractivity contribution in [3.8, 4) is 0 Å². The molecule has 2 aliphatic rings. The smallest absolute Gasteiger partial charge is 0.255 e. The van der Waals surface area contributed by atoms with Crippen LogP contribution in [0.25, 0.3) is 11.2 Å². The number of imidazole rings is 1. The highest BCUT2D eigenvalue weighted by molar-refractivity contribution is 5.96. The second kappa shape index (κ2) is 6.24. The molecule has 132 valence electrons. The van der Waals surface area contributed by atoms with E-state index in [1.54, 1.807) is 12.5 Å². The molecule has 3 heterocycles. The minimum Gasteiger partial charge on any atom is -0.338 e. The fourth-order valence-corrected chi connectivity index (χ4v) is 4.55. The first-order valence-corrected chi connectivity index (χ1v) is 9.42. The Bertz CT molecular complexity index is 937. The summed E-state index contributed by atoms with van der Waals surface area (Å²) in [5.74, 6) is 1.52. The summed E-state index contributed by atoms with van der Waals surface area (Å²) in [6.45, 7) is 2.54. The van der Waals surface area contributed by atoms with Gasteiger partial charge < -0.3 is 9.47 Å². The molecule has 5 heteroatoms. The number of likely N-dealkylation sites (tertiary alicyclic amines) is 1. The Labute approximate surface area is 152 Å². The predicted octanol–water partition coefficient (Wildman–Crippen LogP) is 3.35. The molecule has 2 fully saturated rings. The summed E-state index contributed by atoms with van der Waals surface area (Å²) in [5, 5.41) is 0. The predicted molar refractivity (Wildman–Crippen MR) is 99.8 cm³/mol. The first-order chi connectivity index (χ1) is 12.8. The second-order valence-electron chi connectivity index (χ2n) is 7.59. The molecule has 0 radical (unpaired) electrons.